The minimum absolute atomic E-state index is 0.00783. The molecule has 35 heavy (non-hydrogen) atoms. The van der Waals surface area contributed by atoms with Gasteiger partial charge < -0.3 is 14.0 Å². The van der Waals surface area contributed by atoms with E-state index in [2.05, 4.69) is 24.6 Å². The van der Waals surface area contributed by atoms with Crippen LogP contribution in [0, 0.1) is 11.7 Å². The quantitative estimate of drug-likeness (QED) is 0.161. The summed E-state index contributed by atoms with van der Waals surface area (Å²) in [6.07, 6.45) is 4.05. The molecule has 0 amide bonds. The largest absolute Gasteiger partial charge is 0.490 e. The number of ether oxygens (including phenoxy) is 2. The Bertz CT molecular complexity index is 1170. The molecule has 1 saturated carbocycles. The lowest BCUT2D eigenvalue weighted by molar-refractivity contribution is -0.0499. The highest BCUT2D eigenvalue weighted by Gasteiger charge is 2.35. The van der Waals surface area contributed by atoms with Crippen molar-refractivity contribution in [3.63, 3.8) is 0 Å². The van der Waals surface area contributed by atoms with Crippen LogP contribution >= 0.6 is 11.6 Å². The van der Waals surface area contributed by atoms with Crippen LogP contribution in [0.4, 0.5) is 13.2 Å². The monoisotopic (exact) mass is 524 g/mol. The molecule has 1 fully saturated rings. The van der Waals surface area contributed by atoms with Gasteiger partial charge >= 0.3 is 0 Å². The first-order valence-electron chi connectivity index (χ1n) is 12.0. The predicted octanol–water partition coefficient (Wildman–Crippen LogP) is 8.01. The first kappa shape index (κ1) is 26.0. The standard InChI is InChI=1S/C26H32ClF3N2O2Si/c1-35(2,3)13-12-33-17-32-15-20(24-22(32)8-11-31-25(24)27)19-4-5-21(28)23(14-19)34-16-18-6-9-26(29,30)10-7-18/h4-5,8,11,14-15,18H,6-7,9-10,12-13,16-17H2,1-3H3. The van der Waals surface area contributed by atoms with Crippen molar-refractivity contribution in [2.75, 3.05) is 13.2 Å². The molecular weight excluding hydrogens is 493 g/mol. The van der Waals surface area contributed by atoms with Crippen LogP contribution in [0.2, 0.25) is 30.8 Å². The Morgan fingerprint density at radius 2 is 1.91 bits per heavy atom. The zero-order valence-corrected chi connectivity index (χ0v) is 22.2. The number of rotatable bonds is 9. The summed E-state index contributed by atoms with van der Waals surface area (Å²) in [5.74, 6) is -2.99. The molecule has 3 aromatic rings. The second kappa shape index (κ2) is 10.5. The average Bonchev–Trinajstić information content (AvgIpc) is 3.16. The van der Waals surface area contributed by atoms with Crippen molar-refractivity contribution in [1.82, 2.24) is 9.55 Å². The van der Waals surface area contributed by atoms with Crippen molar-refractivity contribution in [2.45, 2.75) is 64.0 Å². The van der Waals surface area contributed by atoms with Gasteiger partial charge in [0, 0.05) is 50.9 Å². The first-order chi connectivity index (χ1) is 16.5. The molecule has 0 aliphatic heterocycles. The lowest BCUT2D eigenvalue weighted by Gasteiger charge is -2.28. The number of aromatic nitrogens is 2. The molecule has 1 aliphatic rings. The third kappa shape index (κ3) is 6.60. The predicted molar refractivity (Wildman–Crippen MR) is 137 cm³/mol. The zero-order valence-electron chi connectivity index (χ0n) is 20.4. The second-order valence-electron chi connectivity index (χ2n) is 10.6. The Hall–Kier alpha value is -2.03. The van der Waals surface area contributed by atoms with E-state index in [9.17, 15) is 13.2 Å². The maximum atomic E-state index is 14.6. The fraction of sp³-hybridized carbons (Fsp3) is 0.500. The fourth-order valence-corrected chi connectivity index (χ4v) is 5.34. The van der Waals surface area contributed by atoms with Gasteiger partial charge in [0.2, 0.25) is 5.92 Å². The lowest BCUT2D eigenvalue weighted by atomic mass is 9.87. The third-order valence-electron chi connectivity index (χ3n) is 6.53. The van der Waals surface area contributed by atoms with E-state index in [0.717, 1.165) is 28.1 Å². The molecule has 0 atom stereocenters. The van der Waals surface area contributed by atoms with Crippen LogP contribution in [-0.4, -0.2) is 36.8 Å². The molecule has 2 heterocycles. The van der Waals surface area contributed by atoms with E-state index in [1.807, 2.05) is 16.8 Å². The van der Waals surface area contributed by atoms with E-state index < -0.39 is 19.8 Å². The normalized spacial score (nSPS) is 16.7. The molecule has 190 valence electrons. The number of pyridine rings is 1. The molecule has 0 N–H and O–H groups in total. The second-order valence-corrected chi connectivity index (χ2v) is 16.6. The Kier molecular flexibility index (Phi) is 7.83. The van der Waals surface area contributed by atoms with E-state index in [0.29, 0.717) is 31.3 Å². The first-order valence-corrected chi connectivity index (χ1v) is 16.1. The molecule has 9 heteroatoms. The van der Waals surface area contributed by atoms with E-state index >= 15 is 0 Å². The van der Waals surface area contributed by atoms with E-state index in [1.54, 1.807) is 18.3 Å². The highest BCUT2D eigenvalue weighted by Crippen LogP contribution is 2.38. The SMILES string of the molecule is C[Si](C)(C)CCOCn1cc(-c2ccc(F)c(OCC3CCC(F)(F)CC3)c2)c2c(Cl)nccc21. The van der Waals surface area contributed by atoms with Gasteiger partial charge in [-0.15, -0.1) is 0 Å². The highest BCUT2D eigenvalue weighted by molar-refractivity contribution is 6.76. The van der Waals surface area contributed by atoms with Gasteiger partial charge in [-0.2, -0.15) is 0 Å². The molecule has 4 nitrogen and oxygen atoms in total. The molecule has 0 bridgehead atoms. The molecular formula is C26H32ClF3N2O2Si. The lowest BCUT2D eigenvalue weighted by Crippen LogP contribution is -2.27. The van der Waals surface area contributed by atoms with Gasteiger partial charge in [0.05, 0.1) is 12.1 Å². The summed E-state index contributed by atoms with van der Waals surface area (Å²) in [7, 11) is -1.20. The minimum atomic E-state index is -2.60. The Morgan fingerprint density at radius 3 is 2.63 bits per heavy atom. The molecule has 0 spiro atoms. The van der Waals surface area contributed by atoms with E-state index in [4.69, 9.17) is 21.1 Å². The molecule has 0 saturated heterocycles. The Balaban J connectivity index is 1.54. The van der Waals surface area contributed by atoms with Crippen LogP contribution in [0.25, 0.3) is 22.0 Å². The van der Waals surface area contributed by atoms with Crippen LogP contribution < -0.4 is 4.74 Å². The average molecular weight is 525 g/mol. The van der Waals surface area contributed by atoms with Crippen LogP contribution in [-0.2, 0) is 11.5 Å². The summed E-state index contributed by atoms with van der Waals surface area (Å²) in [5, 5.41) is 1.11. The third-order valence-corrected chi connectivity index (χ3v) is 8.52. The van der Waals surface area contributed by atoms with Crippen molar-refractivity contribution >= 4 is 30.6 Å². The van der Waals surface area contributed by atoms with Gasteiger partial charge in [-0.05, 0) is 48.6 Å². The number of fused-ring (bicyclic) bond motifs is 1. The summed E-state index contributed by atoms with van der Waals surface area (Å²) < 4.78 is 55.1. The highest BCUT2D eigenvalue weighted by atomic mass is 35.5. The smallest absolute Gasteiger partial charge is 0.248 e. The summed E-state index contributed by atoms with van der Waals surface area (Å²) in [6, 6.07) is 7.63. The van der Waals surface area contributed by atoms with Crippen LogP contribution in [0.1, 0.15) is 25.7 Å². The number of hydrogen-bond donors (Lipinski definition) is 0. The topological polar surface area (TPSA) is 36.3 Å². The van der Waals surface area contributed by atoms with Gasteiger partial charge in [0.1, 0.15) is 11.9 Å². The molecule has 0 radical (unpaired) electrons. The van der Waals surface area contributed by atoms with Gasteiger partial charge in [-0.1, -0.05) is 37.3 Å². The van der Waals surface area contributed by atoms with Gasteiger partial charge in [0.25, 0.3) is 0 Å². The number of hydrogen-bond acceptors (Lipinski definition) is 3. The van der Waals surface area contributed by atoms with Crippen LogP contribution in [0.15, 0.2) is 36.7 Å². The number of benzene rings is 1. The van der Waals surface area contributed by atoms with E-state index in [1.165, 1.54) is 6.07 Å². The van der Waals surface area contributed by atoms with Crippen molar-refractivity contribution in [1.29, 1.82) is 0 Å². The minimum Gasteiger partial charge on any atom is -0.490 e. The molecule has 4 rings (SSSR count). The van der Waals surface area contributed by atoms with Crippen molar-refractivity contribution in [3.05, 3.63) is 47.6 Å². The number of alkyl halides is 2. The van der Waals surface area contributed by atoms with Crippen molar-refractivity contribution in [3.8, 4) is 16.9 Å². The maximum Gasteiger partial charge on any atom is 0.248 e. The summed E-state index contributed by atoms with van der Waals surface area (Å²) >= 11 is 6.48. The van der Waals surface area contributed by atoms with Crippen LogP contribution in [0.3, 0.4) is 0 Å². The summed E-state index contributed by atoms with van der Waals surface area (Å²) in [6.45, 7) is 8.20. The Morgan fingerprint density at radius 1 is 1.17 bits per heavy atom. The zero-order chi connectivity index (χ0) is 25.2. The molecule has 0 unspecified atom stereocenters. The number of halogens is 4. The van der Waals surface area contributed by atoms with Gasteiger partial charge in [0.15, 0.2) is 11.6 Å². The van der Waals surface area contributed by atoms with Crippen molar-refractivity contribution in [2.24, 2.45) is 5.92 Å². The van der Waals surface area contributed by atoms with Crippen LogP contribution in [0.5, 0.6) is 5.75 Å². The maximum absolute atomic E-state index is 14.6. The Labute approximate surface area is 210 Å². The molecule has 2 aromatic heterocycles. The summed E-state index contributed by atoms with van der Waals surface area (Å²) in [5.41, 5.74) is 2.41. The van der Waals surface area contributed by atoms with Crippen molar-refractivity contribution < 1.29 is 22.6 Å². The fourth-order valence-electron chi connectivity index (χ4n) is 4.33. The van der Waals surface area contributed by atoms with Gasteiger partial charge in [-0.3, -0.25) is 0 Å². The summed E-state index contributed by atoms with van der Waals surface area (Å²) in [4.78, 5) is 4.24. The van der Waals surface area contributed by atoms with Gasteiger partial charge in [-0.25, -0.2) is 18.2 Å². The molecule has 1 aliphatic carbocycles. The molecule has 1 aromatic carbocycles. The number of nitrogens with zero attached hydrogens (tertiary/aromatic N) is 2. The van der Waals surface area contributed by atoms with E-state index in [-0.39, 0.29) is 31.1 Å².